The average Bonchev–Trinajstić information content (AvgIpc) is 3.25. The third-order valence-corrected chi connectivity index (χ3v) is 9.20. The van der Waals surface area contributed by atoms with Crippen molar-refractivity contribution in [1.29, 1.82) is 0 Å². The maximum Gasteiger partial charge on any atom is 0.260 e. The first-order valence-corrected chi connectivity index (χ1v) is 13.9. The summed E-state index contributed by atoms with van der Waals surface area (Å²) < 4.78 is 28.7. The minimum atomic E-state index is -3.55. The maximum absolute atomic E-state index is 13.5. The van der Waals surface area contributed by atoms with E-state index in [0.717, 1.165) is 36.0 Å². The number of thiazole rings is 1. The molecular weight excluding hydrogens is 468 g/mol. The van der Waals surface area contributed by atoms with Crippen molar-refractivity contribution in [2.24, 2.45) is 5.92 Å². The molecule has 0 bridgehead atoms. The quantitative estimate of drug-likeness (QED) is 0.461. The van der Waals surface area contributed by atoms with Crippen LogP contribution in [0.15, 0.2) is 53.4 Å². The normalized spacial score (nSPS) is 15.8. The fourth-order valence-electron chi connectivity index (χ4n) is 4.10. The molecule has 34 heavy (non-hydrogen) atoms. The van der Waals surface area contributed by atoms with Gasteiger partial charge in [0.05, 0.1) is 15.1 Å². The summed E-state index contributed by atoms with van der Waals surface area (Å²) in [6, 6.07) is 14.2. The molecule has 0 unspecified atom stereocenters. The minimum absolute atomic E-state index is 0.173. The third-order valence-electron chi connectivity index (χ3n) is 6.23. The van der Waals surface area contributed by atoms with Gasteiger partial charge in [0.1, 0.15) is 0 Å². The predicted octanol–water partition coefficient (Wildman–Crippen LogP) is 4.32. The number of para-hydroxylation sites is 1. The summed E-state index contributed by atoms with van der Waals surface area (Å²) in [7, 11) is 0.463. The highest BCUT2D eigenvalue weighted by Crippen LogP contribution is 2.30. The molecule has 1 fully saturated rings. The Labute approximate surface area is 206 Å². The van der Waals surface area contributed by atoms with Crippen LogP contribution in [0, 0.1) is 5.92 Å². The number of fused-ring (bicyclic) bond motifs is 1. The number of nitrogens with zero attached hydrogens (tertiary/aromatic N) is 4. The van der Waals surface area contributed by atoms with Crippen LogP contribution in [0.5, 0.6) is 0 Å². The van der Waals surface area contributed by atoms with E-state index >= 15 is 0 Å². The highest BCUT2D eigenvalue weighted by Gasteiger charge is 2.28. The summed E-state index contributed by atoms with van der Waals surface area (Å²) in [5.74, 6) is 0.376. The number of carbonyl (C=O) groups is 1. The summed E-state index contributed by atoms with van der Waals surface area (Å²) >= 11 is 1.49. The molecule has 1 aromatic heterocycles. The van der Waals surface area contributed by atoms with Crippen LogP contribution in [0.1, 0.15) is 36.5 Å². The summed E-state index contributed by atoms with van der Waals surface area (Å²) in [6.45, 7) is 4.62. The molecule has 1 amide bonds. The number of hydrogen-bond acceptors (Lipinski definition) is 6. The van der Waals surface area contributed by atoms with Crippen LogP contribution in [0.4, 0.5) is 5.13 Å². The van der Waals surface area contributed by atoms with E-state index in [2.05, 4.69) is 16.8 Å². The molecule has 0 saturated carbocycles. The first-order valence-electron chi connectivity index (χ1n) is 11.7. The zero-order valence-corrected chi connectivity index (χ0v) is 21.6. The fraction of sp³-hybridized carbons (Fsp3) is 0.440. The van der Waals surface area contributed by atoms with Gasteiger partial charge in [0.15, 0.2) is 5.13 Å². The van der Waals surface area contributed by atoms with E-state index < -0.39 is 10.0 Å². The first-order chi connectivity index (χ1) is 16.3. The van der Waals surface area contributed by atoms with Crippen LogP contribution in [0.2, 0.25) is 0 Å². The molecular formula is C25H32N4O3S2. The van der Waals surface area contributed by atoms with Gasteiger partial charge in [-0.1, -0.05) is 30.4 Å². The number of aromatic nitrogens is 1. The summed E-state index contributed by atoms with van der Waals surface area (Å²) in [6.07, 6.45) is 2.55. The monoisotopic (exact) mass is 500 g/mol. The molecule has 2 heterocycles. The van der Waals surface area contributed by atoms with Gasteiger partial charge in [0.25, 0.3) is 5.91 Å². The van der Waals surface area contributed by atoms with Gasteiger partial charge in [0.2, 0.25) is 10.0 Å². The van der Waals surface area contributed by atoms with Gasteiger partial charge in [-0.05, 0) is 82.2 Å². The highest BCUT2D eigenvalue weighted by atomic mass is 32.2. The van der Waals surface area contributed by atoms with Crippen molar-refractivity contribution in [2.75, 3.05) is 45.2 Å². The van der Waals surface area contributed by atoms with E-state index in [-0.39, 0.29) is 10.8 Å². The van der Waals surface area contributed by atoms with Gasteiger partial charge >= 0.3 is 0 Å². The molecule has 0 spiro atoms. The number of anilines is 1. The van der Waals surface area contributed by atoms with Crippen molar-refractivity contribution in [1.82, 2.24) is 14.2 Å². The zero-order valence-electron chi connectivity index (χ0n) is 20.0. The molecule has 3 aromatic rings. The third kappa shape index (κ3) is 5.49. The molecule has 7 nitrogen and oxygen atoms in total. The lowest BCUT2D eigenvalue weighted by Crippen LogP contribution is -2.38. The highest BCUT2D eigenvalue weighted by molar-refractivity contribution is 7.89. The Kier molecular flexibility index (Phi) is 7.67. The summed E-state index contributed by atoms with van der Waals surface area (Å²) in [5, 5.41) is 0.657. The minimum Gasteiger partial charge on any atom is -0.309 e. The number of amides is 1. The van der Waals surface area contributed by atoms with Gasteiger partial charge in [0, 0.05) is 25.2 Å². The molecule has 1 saturated heterocycles. The van der Waals surface area contributed by atoms with Crippen LogP contribution >= 0.6 is 11.3 Å². The number of carbonyl (C=O) groups excluding carboxylic acids is 1. The Morgan fingerprint density at radius 3 is 2.38 bits per heavy atom. The van der Waals surface area contributed by atoms with E-state index in [1.807, 2.05) is 38.4 Å². The second kappa shape index (κ2) is 10.5. The predicted molar refractivity (Wildman–Crippen MR) is 138 cm³/mol. The molecule has 4 rings (SSSR count). The van der Waals surface area contributed by atoms with E-state index in [1.165, 1.54) is 11.3 Å². The molecule has 0 aliphatic carbocycles. The Morgan fingerprint density at radius 1 is 1.06 bits per heavy atom. The Bertz CT molecular complexity index is 1200. The first kappa shape index (κ1) is 24.8. The van der Waals surface area contributed by atoms with Gasteiger partial charge in [-0.15, -0.1) is 0 Å². The van der Waals surface area contributed by atoms with Crippen LogP contribution in [0.3, 0.4) is 0 Å². The van der Waals surface area contributed by atoms with Crippen LogP contribution in [0.25, 0.3) is 10.2 Å². The van der Waals surface area contributed by atoms with Gasteiger partial charge in [-0.3, -0.25) is 9.69 Å². The standard InChI is InChI=1S/C25H32N4O3S2/c1-19-13-17-28(18-14-19)34(31,32)21-11-9-20(10-12-21)24(30)29(16-6-15-27(2)3)25-26-22-7-4-5-8-23(22)33-25/h4-5,7-12,19H,6,13-18H2,1-3H3. The van der Waals surface area contributed by atoms with Gasteiger partial charge in [-0.25, -0.2) is 13.4 Å². The lowest BCUT2D eigenvalue weighted by atomic mass is 10.0. The van der Waals surface area contributed by atoms with E-state index in [1.54, 1.807) is 33.5 Å². The molecule has 2 aromatic carbocycles. The van der Waals surface area contributed by atoms with E-state index in [9.17, 15) is 13.2 Å². The van der Waals surface area contributed by atoms with Crippen molar-refractivity contribution < 1.29 is 13.2 Å². The van der Waals surface area contributed by atoms with Crippen molar-refractivity contribution in [3.05, 3.63) is 54.1 Å². The lowest BCUT2D eigenvalue weighted by molar-refractivity contribution is 0.0986. The van der Waals surface area contributed by atoms with Gasteiger partial charge < -0.3 is 4.90 Å². The number of hydrogen-bond donors (Lipinski definition) is 0. The Balaban J connectivity index is 1.57. The average molecular weight is 501 g/mol. The molecule has 9 heteroatoms. The number of benzene rings is 2. The van der Waals surface area contributed by atoms with Crippen LogP contribution in [-0.2, 0) is 10.0 Å². The number of piperidine rings is 1. The molecule has 0 atom stereocenters. The topological polar surface area (TPSA) is 73.8 Å². The molecule has 0 N–H and O–H groups in total. The van der Waals surface area contributed by atoms with Crippen molar-refractivity contribution in [3.63, 3.8) is 0 Å². The van der Waals surface area contributed by atoms with E-state index in [0.29, 0.717) is 36.2 Å². The maximum atomic E-state index is 13.5. The molecule has 1 aliphatic heterocycles. The molecule has 0 radical (unpaired) electrons. The van der Waals surface area contributed by atoms with Crippen molar-refractivity contribution >= 4 is 42.6 Å². The molecule has 182 valence electrons. The van der Waals surface area contributed by atoms with Crippen LogP contribution < -0.4 is 4.90 Å². The van der Waals surface area contributed by atoms with Crippen molar-refractivity contribution in [2.45, 2.75) is 31.1 Å². The van der Waals surface area contributed by atoms with E-state index in [4.69, 9.17) is 0 Å². The zero-order chi connectivity index (χ0) is 24.3. The SMILES string of the molecule is CC1CCN(S(=O)(=O)c2ccc(C(=O)N(CCCN(C)C)c3nc4ccccc4s3)cc2)CC1. The smallest absolute Gasteiger partial charge is 0.260 e. The second-order valence-corrected chi connectivity index (χ2v) is 12.1. The Morgan fingerprint density at radius 2 is 1.74 bits per heavy atom. The van der Waals surface area contributed by atoms with Gasteiger partial charge in [-0.2, -0.15) is 4.31 Å². The summed E-state index contributed by atoms with van der Waals surface area (Å²) in [5.41, 5.74) is 1.32. The summed E-state index contributed by atoms with van der Waals surface area (Å²) in [4.78, 5) is 22.2. The Hall–Kier alpha value is -2.33. The largest absolute Gasteiger partial charge is 0.309 e. The number of rotatable bonds is 8. The lowest BCUT2D eigenvalue weighted by Gasteiger charge is -2.29. The second-order valence-electron chi connectivity index (χ2n) is 9.19. The van der Waals surface area contributed by atoms with Crippen LogP contribution in [-0.4, -0.2) is 68.8 Å². The molecule has 1 aliphatic rings. The van der Waals surface area contributed by atoms with Crippen molar-refractivity contribution in [3.8, 4) is 0 Å². The fourth-order valence-corrected chi connectivity index (χ4v) is 6.56. The number of sulfonamides is 1.